The van der Waals surface area contributed by atoms with Gasteiger partial charge in [-0.25, -0.2) is 0 Å². The van der Waals surface area contributed by atoms with E-state index in [2.05, 4.69) is 5.32 Å². The van der Waals surface area contributed by atoms with Crippen LogP contribution < -0.4 is 5.32 Å². The zero-order chi connectivity index (χ0) is 18.8. The van der Waals surface area contributed by atoms with Crippen molar-refractivity contribution >= 4 is 34.4 Å². The van der Waals surface area contributed by atoms with Crippen molar-refractivity contribution in [3.05, 3.63) is 70.4 Å². The molecule has 0 aliphatic carbocycles. The number of carbonyl (C=O) groups is 2. The number of hydrogen-bond acceptors (Lipinski definition) is 3. The maximum Gasteiger partial charge on any atom is 0.287 e. The summed E-state index contributed by atoms with van der Waals surface area (Å²) in [5.41, 5.74) is 2.22. The Bertz CT molecular complexity index is 988. The van der Waals surface area contributed by atoms with E-state index in [4.69, 9.17) is 16.0 Å². The molecule has 138 valence electrons. The molecule has 0 atom stereocenters. The predicted octanol–water partition coefficient (Wildman–Crippen LogP) is 4.25. The van der Waals surface area contributed by atoms with Crippen LogP contribution in [0.15, 0.2) is 52.9 Å². The van der Waals surface area contributed by atoms with Crippen LogP contribution in [0.5, 0.6) is 0 Å². The monoisotopic (exact) mass is 382 g/mol. The summed E-state index contributed by atoms with van der Waals surface area (Å²) in [6.07, 6.45) is 2.15. The molecule has 5 nitrogen and oxygen atoms in total. The van der Waals surface area contributed by atoms with Crippen molar-refractivity contribution < 1.29 is 14.0 Å². The van der Waals surface area contributed by atoms with Gasteiger partial charge >= 0.3 is 0 Å². The SMILES string of the molecule is O=C(NCc1ccc(C(=O)N2CCCC2)cc1)c1cc2cc(Cl)ccc2o1. The van der Waals surface area contributed by atoms with Gasteiger partial charge in [0.25, 0.3) is 11.8 Å². The molecule has 0 unspecified atom stereocenters. The minimum Gasteiger partial charge on any atom is -0.451 e. The van der Waals surface area contributed by atoms with Crippen LogP contribution in [0.4, 0.5) is 0 Å². The van der Waals surface area contributed by atoms with Crippen molar-refractivity contribution in [2.75, 3.05) is 13.1 Å². The first-order chi connectivity index (χ1) is 13.1. The molecule has 6 heteroatoms. The van der Waals surface area contributed by atoms with Crippen molar-refractivity contribution in [2.24, 2.45) is 0 Å². The van der Waals surface area contributed by atoms with Gasteiger partial charge in [-0.1, -0.05) is 23.7 Å². The smallest absolute Gasteiger partial charge is 0.287 e. The van der Waals surface area contributed by atoms with Crippen molar-refractivity contribution in [2.45, 2.75) is 19.4 Å². The average Bonchev–Trinajstić information content (AvgIpc) is 3.35. The third-order valence-corrected chi connectivity index (χ3v) is 4.98. The Morgan fingerprint density at radius 2 is 1.78 bits per heavy atom. The molecule has 1 aliphatic rings. The number of amides is 2. The van der Waals surface area contributed by atoms with Crippen LogP contribution in [-0.4, -0.2) is 29.8 Å². The topological polar surface area (TPSA) is 62.6 Å². The summed E-state index contributed by atoms with van der Waals surface area (Å²) in [6.45, 7) is 2.02. The first kappa shape index (κ1) is 17.6. The van der Waals surface area contributed by atoms with Gasteiger partial charge in [0.1, 0.15) is 5.58 Å². The van der Waals surface area contributed by atoms with Crippen LogP contribution in [-0.2, 0) is 6.54 Å². The lowest BCUT2D eigenvalue weighted by Gasteiger charge is -2.15. The van der Waals surface area contributed by atoms with E-state index in [0.29, 0.717) is 22.7 Å². The number of likely N-dealkylation sites (tertiary alicyclic amines) is 1. The number of nitrogens with one attached hydrogen (secondary N) is 1. The van der Waals surface area contributed by atoms with Crippen LogP contribution in [0.25, 0.3) is 11.0 Å². The van der Waals surface area contributed by atoms with Gasteiger partial charge in [0, 0.05) is 35.6 Å². The largest absolute Gasteiger partial charge is 0.451 e. The zero-order valence-corrected chi connectivity index (χ0v) is 15.5. The third kappa shape index (κ3) is 3.83. The lowest BCUT2D eigenvalue weighted by atomic mass is 10.1. The molecule has 1 fully saturated rings. The predicted molar refractivity (Wildman–Crippen MR) is 104 cm³/mol. The van der Waals surface area contributed by atoms with E-state index < -0.39 is 0 Å². The standard InChI is InChI=1S/C21H19ClN2O3/c22-17-7-8-18-16(11-17)12-19(27-18)20(25)23-13-14-3-5-15(6-4-14)21(26)24-9-1-2-10-24/h3-8,11-12H,1-2,9-10,13H2,(H,23,25). The van der Waals surface area contributed by atoms with Gasteiger partial charge in [0.05, 0.1) is 0 Å². The fourth-order valence-electron chi connectivity index (χ4n) is 3.26. The first-order valence-corrected chi connectivity index (χ1v) is 9.33. The molecule has 2 heterocycles. The van der Waals surface area contributed by atoms with Gasteiger partial charge in [-0.15, -0.1) is 0 Å². The second-order valence-corrected chi connectivity index (χ2v) is 7.11. The molecule has 1 saturated heterocycles. The first-order valence-electron chi connectivity index (χ1n) is 8.96. The fraction of sp³-hybridized carbons (Fsp3) is 0.238. The molecule has 2 amide bonds. The Morgan fingerprint density at radius 1 is 1.04 bits per heavy atom. The van der Waals surface area contributed by atoms with E-state index in [0.717, 1.165) is 36.9 Å². The van der Waals surface area contributed by atoms with E-state index in [-0.39, 0.29) is 17.6 Å². The van der Waals surface area contributed by atoms with Gasteiger partial charge in [-0.05, 0) is 54.8 Å². The number of hydrogen-bond donors (Lipinski definition) is 1. The average molecular weight is 383 g/mol. The Morgan fingerprint density at radius 3 is 2.52 bits per heavy atom. The molecule has 2 aromatic carbocycles. The minimum absolute atomic E-state index is 0.0732. The third-order valence-electron chi connectivity index (χ3n) is 4.75. The Balaban J connectivity index is 1.38. The summed E-state index contributed by atoms with van der Waals surface area (Å²) in [5, 5.41) is 4.22. The van der Waals surface area contributed by atoms with Crippen LogP contribution >= 0.6 is 11.6 Å². The van der Waals surface area contributed by atoms with E-state index in [9.17, 15) is 9.59 Å². The molecule has 4 rings (SSSR count). The lowest BCUT2D eigenvalue weighted by Crippen LogP contribution is -2.27. The van der Waals surface area contributed by atoms with Gasteiger partial charge in [0.15, 0.2) is 5.76 Å². The Hall–Kier alpha value is -2.79. The maximum atomic E-state index is 12.4. The van der Waals surface area contributed by atoms with Crippen molar-refractivity contribution in [1.29, 1.82) is 0 Å². The second kappa shape index (κ2) is 7.45. The molecule has 1 N–H and O–H groups in total. The molecule has 0 spiro atoms. The normalized spacial score (nSPS) is 13.9. The number of nitrogens with zero attached hydrogens (tertiary/aromatic N) is 1. The molecular formula is C21H19ClN2O3. The van der Waals surface area contributed by atoms with Crippen LogP contribution in [0.1, 0.15) is 39.3 Å². The number of benzene rings is 2. The van der Waals surface area contributed by atoms with E-state index in [1.807, 2.05) is 29.2 Å². The molecule has 0 saturated carbocycles. The van der Waals surface area contributed by atoms with Crippen LogP contribution in [0.3, 0.4) is 0 Å². The highest BCUT2D eigenvalue weighted by atomic mass is 35.5. The number of halogens is 1. The molecule has 1 aliphatic heterocycles. The number of fused-ring (bicyclic) bond motifs is 1. The van der Waals surface area contributed by atoms with Crippen LogP contribution in [0, 0.1) is 0 Å². The van der Waals surface area contributed by atoms with Gasteiger partial charge in [0.2, 0.25) is 0 Å². The van der Waals surface area contributed by atoms with Crippen molar-refractivity contribution in [3.63, 3.8) is 0 Å². The summed E-state index contributed by atoms with van der Waals surface area (Å²) < 4.78 is 5.56. The van der Waals surface area contributed by atoms with E-state index in [1.54, 1.807) is 24.3 Å². The van der Waals surface area contributed by atoms with E-state index >= 15 is 0 Å². The molecule has 1 aromatic heterocycles. The second-order valence-electron chi connectivity index (χ2n) is 6.67. The van der Waals surface area contributed by atoms with E-state index in [1.165, 1.54) is 0 Å². The lowest BCUT2D eigenvalue weighted by molar-refractivity contribution is 0.0792. The maximum absolute atomic E-state index is 12.4. The Kier molecular flexibility index (Phi) is 4.86. The molecule has 0 bridgehead atoms. The summed E-state index contributed by atoms with van der Waals surface area (Å²) in [4.78, 5) is 26.6. The van der Waals surface area contributed by atoms with Gasteiger partial charge in [-0.3, -0.25) is 9.59 Å². The number of furan rings is 1. The highest BCUT2D eigenvalue weighted by Gasteiger charge is 2.19. The number of rotatable bonds is 4. The highest BCUT2D eigenvalue weighted by Crippen LogP contribution is 2.23. The molecule has 27 heavy (non-hydrogen) atoms. The van der Waals surface area contributed by atoms with Crippen LogP contribution in [0.2, 0.25) is 5.02 Å². The minimum atomic E-state index is -0.292. The summed E-state index contributed by atoms with van der Waals surface area (Å²) in [6, 6.07) is 14.2. The molecule has 3 aromatic rings. The van der Waals surface area contributed by atoms with Crippen molar-refractivity contribution in [3.8, 4) is 0 Å². The zero-order valence-electron chi connectivity index (χ0n) is 14.7. The molecule has 0 radical (unpaired) electrons. The quantitative estimate of drug-likeness (QED) is 0.733. The fourth-order valence-corrected chi connectivity index (χ4v) is 3.44. The summed E-state index contributed by atoms with van der Waals surface area (Å²) in [7, 11) is 0. The Labute approximate surface area is 161 Å². The van der Waals surface area contributed by atoms with Gasteiger partial charge in [-0.2, -0.15) is 0 Å². The van der Waals surface area contributed by atoms with Crippen molar-refractivity contribution in [1.82, 2.24) is 10.2 Å². The summed E-state index contributed by atoms with van der Waals surface area (Å²) >= 11 is 5.96. The highest BCUT2D eigenvalue weighted by molar-refractivity contribution is 6.31. The molecular weight excluding hydrogens is 364 g/mol. The number of carbonyl (C=O) groups excluding carboxylic acids is 2. The summed E-state index contributed by atoms with van der Waals surface area (Å²) in [5.74, 6) is 0.0247. The van der Waals surface area contributed by atoms with Gasteiger partial charge < -0.3 is 14.6 Å².